The van der Waals surface area contributed by atoms with E-state index in [-0.39, 0.29) is 0 Å². The molecule has 0 aliphatic carbocycles. The van der Waals surface area contributed by atoms with Gasteiger partial charge in [0.05, 0.1) is 5.69 Å². The molecule has 0 aliphatic heterocycles. The van der Waals surface area contributed by atoms with Crippen LogP contribution in [0, 0.1) is 0 Å². The summed E-state index contributed by atoms with van der Waals surface area (Å²) < 4.78 is 0. The number of nitrogens with one attached hydrogen (secondary N) is 1. The first-order valence-corrected chi connectivity index (χ1v) is 9.47. The van der Waals surface area contributed by atoms with Crippen molar-refractivity contribution >= 4 is 0 Å². The molecule has 0 bridgehead atoms. The lowest BCUT2D eigenvalue weighted by atomic mass is 10.1. The van der Waals surface area contributed by atoms with Crippen LogP contribution in [0.2, 0.25) is 0 Å². The molecule has 132 valence electrons. The molecular weight excluding hydrogens is 304 g/mol. The number of aromatic amines is 1. The van der Waals surface area contributed by atoms with Crippen LogP contribution in [0.25, 0.3) is 11.1 Å². The van der Waals surface area contributed by atoms with Crippen LogP contribution in [0.4, 0.5) is 0 Å². The van der Waals surface area contributed by atoms with Crippen molar-refractivity contribution in [3.05, 3.63) is 78.4 Å². The number of aromatic nitrogens is 2. The molecule has 0 amide bonds. The summed E-state index contributed by atoms with van der Waals surface area (Å²) in [6, 6.07) is 20.8. The van der Waals surface area contributed by atoms with E-state index in [9.17, 15) is 0 Å². The molecule has 3 aromatic rings. The van der Waals surface area contributed by atoms with Gasteiger partial charge in [-0.25, -0.2) is 4.98 Å². The molecule has 0 radical (unpaired) electrons. The Labute approximate surface area is 152 Å². The predicted octanol–water partition coefficient (Wildman–Crippen LogP) is 6.45. The maximum Gasteiger partial charge on any atom is 0.106 e. The number of aryl methyl sites for hydroxylation is 2. The molecule has 0 saturated heterocycles. The van der Waals surface area contributed by atoms with Crippen LogP contribution in [-0.4, -0.2) is 9.97 Å². The molecule has 3 rings (SSSR count). The fraction of sp³-hybridized carbons (Fsp3) is 0.348. The molecule has 1 heterocycles. The van der Waals surface area contributed by atoms with Gasteiger partial charge in [-0.2, -0.15) is 0 Å². The Hall–Kier alpha value is -2.35. The van der Waals surface area contributed by atoms with Gasteiger partial charge >= 0.3 is 0 Å². The third kappa shape index (κ3) is 6.96. The fourth-order valence-electron chi connectivity index (χ4n) is 2.62. The quantitative estimate of drug-likeness (QED) is 0.528. The molecule has 2 heteroatoms. The predicted molar refractivity (Wildman–Crippen MR) is 108 cm³/mol. The number of imidazole rings is 1. The summed E-state index contributed by atoms with van der Waals surface area (Å²) in [4.78, 5) is 7.77. The Morgan fingerprint density at radius 2 is 1.24 bits per heavy atom. The van der Waals surface area contributed by atoms with E-state index in [1.54, 1.807) is 0 Å². The van der Waals surface area contributed by atoms with Gasteiger partial charge in [-0.3, -0.25) is 0 Å². The van der Waals surface area contributed by atoms with Crippen molar-refractivity contribution in [2.45, 2.75) is 52.4 Å². The minimum Gasteiger partial charge on any atom is -0.348 e. The average Bonchev–Trinajstić information content (AvgIpc) is 3.14. The first-order chi connectivity index (χ1) is 12.3. The zero-order chi connectivity index (χ0) is 17.7. The summed E-state index contributed by atoms with van der Waals surface area (Å²) in [6.07, 6.45) is 9.25. The molecule has 1 N–H and O–H groups in total. The van der Waals surface area contributed by atoms with Gasteiger partial charge in [0.2, 0.25) is 0 Å². The van der Waals surface area contributed by atoms with Crippen LogP contribution in [0.3, 0.4) is 0 Å². The van der Waals surface area contributed by atoms with E-state index in [0.717, 1.165) is 18.7 Å². The number of nitrogens with zero attached hydrogens (tertiary/aromatic N) is 1. The van der Waals surface area contributed by atoms with Crippen LogP contribution in [0.1, 0.15) is 51.0 Å². The number of unbranched alkanes of at least 4 members (excludes halogenated alkanes) is 2. The average molecular weight is 335 g/mol. The van der Waals surface area contributed by atoms with Gasteiger partial charge in [0, 0.05) is 12.6 Å². The molecule has 0 saturated carbocycles. The number of rotatable bonds is 7. The minimum absolute atomic E-state index is 1.10. The van der Waals surface area contributed by atoms with Crippen molar-refractivity contribution in [1.29, 1.82) is 0 Å². The highest BCUT2D eigenvalue weighted by Crippen LogP contribution is 2.17. The van der Waals surface area contributed by atoms with E-state index >= 15 is 0 Å². The third-order valence-electron chi connectivity index (χ3n) is 4.12. The molecular formula is C23H30N2. The van der Waals surface area contributed by atoms with Gasteiger partial charge < -0.3 is 4.98 Å². The Morgan fingerprint density at radius 3 is 1.76 bits per heavy atom. The van der Waals surface area contributed by atoms with Crippen LogP contribution in [0.5, 0.6) is 0 Å². The number of hydrogen-bond acceptors (Lipinski definition) is 1. The van der Waals surface area contributed by atoms with Gasteiger partial charge in [-0.05, 0) is 30.4 Å². The first-order valence-electron chi connectivity index (χ1n) is 9.47. The second-order valence-electron chi connectivity index (χ2n) is 6.28. The van der Waals surface area contributed by atoms with Crippen LogP contribution < -0.4 is 0 Å². The van der Waals surface area contributed by atoms with Crippen molar-refractivity contribution in [3.8, 4) is 11.1 Å². The van der Waals surface area contributed by atoms with E-state index in [4.69, 9.17) is 0 Å². The molecule has 0 aliphatic rings. The largest absolute Gasteiger partial charge is 0.348 e. The molecule has 2 aromatic carbocycles. The van der Waals surface area contributed by atoms with E-state index in [0.29, 0.717) is 0 Å². The Balaban J connectivity index is 0.000000181. The van der Waals surface area contributed by atoms with Crippen molar-refractivity contribution in [2.24, 2.45) is 0 Å². The molecule has 0 unspecified atom stereocenters. The van der Waals surface area contributed by atoms with Crippen molar-refractivity contribution in [3.63, 3.8) is 0 Å². The Morgan fingerprint density at radius 1 is 0.720 bits per heavy atom. The lowest BCUT2D eigenvalue weighted by Gasteiger charge is -1.98. The Kier molecular flexibility index (Phi) is 8.54. The Bertz CT molecular complexity index is 626. The highest BCUT2D eigenvalue weighted by molar-refractivity contribution is 5.62. The first kappa shape index (κ1) is 19.0. The second kappa shape index (κ2) is 11.2. The zero-order valence-electron chi connectivity index (χ0n) is 15.5. The summed E-state index contributed by atoms with van der Waals surface area (Å²) in [5.41, 5.74) is 3.78. The summed E-state index contributed by atoms with van der Waals surface area (Å²) in [5, 5.41) is 0. The highest BCUT2D eigenvalue weighted by Gasteiger charge is 1.99. The van der Waals surface area contributed by atoms with Gasteiger partial charge in [0.15, 0.2) is 0 Å². The topological polar surface area (TPSA) is 28.7 Å². The van der Waals surface area contributed by atoms with Gasteiger partial charge in [0.25, 0.3) is 0 Å². The lowest BCUT2D eigenvalue weighted by Crippen LogP contribution is -1.89. The number of hydrogen-bond donors (Lipinski definition) is 1. The summed E-state index contributed by atoms with van der Waals surface area (Å²) in [6.45, 7) is 4.42. The van der Waals surface area contributed by atoms with Gasteiger partial charge in [-0.1, -0.05) is 87.4 Å². The number of benzene rings is 2. The highest BCUT2D eigenvalue weighted by atomic mass is 14.9. The van der Waals surface area contributed by atoms with Crippen molar-refractivity contribution < 1.29 is 0 Å². The SMILES string of the molecule is CCCCc1c[nH]c(CCCC)n1.c1ccc(-c2ccccc2)cc1. The normalized spacial score (nSPS) is 10.2. The molecule has 25 heavy (non-hydrogen) atoms. The van der Waals surface area contributed by atoms with Crippen molar-refractivity contribution in [2.75, 3.05) is 0 Å². The summed E-state index contributed by atoms with van der Waals surface area (Å²) in [7, 11) is 0. The van der Waals surface area contributed by atoms with E-state index in [2.05, 4.69) is 78.5 Å². The molecule has 2 nitrogen and oxygen atoms in total. The number of H-pyrrole nitrogens is 1. The molecule has 0 fully saturated rings. The van der Waals surface area contributed by atoms with Crippen LogP contribution >= 0.6 is 0 Å². The van der Waals surface area contributed by atoms with Crippen LogP contribution in [-0.2, 0) is 12.8 Å². The summed E-state index contributed by atoms with van der Waals surface area (Å²) in [5.74, 6) is 1.16. The fourth-order valence-corrected chi connectivity index (χ4v) is 2.62. The maximum atomic E-state index is 4.53. The zero-order valence-corrected chi connectivity index (χ0v) is 15.5. The standard InChI is InChI=1S/C12H10.C11H20N2/c1-3-7-11(8-4-1)12-9-5-2-6-10-12;1-3-5-7-10-9-12-11(13-10)8-6-4-2/h1-10H;9H,3-8H2,1-2H3,(H,12,13). The second-order valence-corrected chi connectivity index (χ2v) is 6.28. The third-order valence-corrected chi connectivity index (χ3v) is 4.12. The maximum absolute atomic E-state index is 4.53. The van der Waals surface area contributed by atoms with E-state index in [1.807, 2.05) is 12.1 Å². The smallest absolute Gasteiger partial charge is 0.106 e. The monoisotopic (exact) mass is 334 g/mol. The molecule has 0 spiro atoms. The van der Waals surface area contributed by atoms with Gasteiger partial charge in [0.1, 0.15) is 5.82 Å². The molecule has 0 atom stereocenters. The lowest BCUT2D eigenvalue weighted by molar-refractivity contribution is 0.749. The van der Waals surface area contributed by atoms with Crippen molar-refractivity contribution in [1.82, 2.24) is 9.97 Å². The summed E-state index contributed by atoms with van der Waals surface area (Å²) >= 11 is 0. The molecule has 1 aromatic heterocycles. The van der Waals surface area contributed by atoms with E-state index < -0.39 is 0 Å². The minimum atomic E-state index is 1.10. The van der Waals surface area contributed by atoms with E-state index in [1.165, 1.54) is 42.5 Å². The van der Waals surface area contributed by atoms with Crippen LogP contribution in [0.15, 0.2) is 66.9 Å². The van der Waals surface area contributed by atoms with Gasteiger partial charge in [-0.15, -0.1) is 0 Å².